The van der Waals surface area contributed by atoms with Gasteiger partial charge >= 0.3 is 5.97 Å². The lowest BCUT2D eigenvalue weighted by atomic mass is 10.2. The Morgan fingerprint density at radius 2 is 1.81 bits per heavy atom. The van der Waals surface area contributed by atoms with Crippen LogP contribution in [0.4, 0.5) is 5.69 Å². The molecule has 2 aromatic rings. The van der Waals surface area contributed by atoms with Gasteiger partial charge in [-0.25, -0.2) is 8.42 Å². The average Bonchev–Trinajstić information content (AvgIpc) is 2.60. The fourth-order valence-electron chi connectivity index (χ4n) is 2.38. The number of carbonyl (C=O) groups excluding carboxylic acids is 1. The molecule has 0 amide bonds. The van der Waals surface area contributed by atoms with E-state index < -0.39 is 22.5 Å². The number of anilines is 1. The second-order valence-corrected chi connectivity index (χ2v) is 7.72. The third-order valence-corrected chi connectivity index (χ3v) is 5.66. The Bertz CT molecular complexity index is 881. The molecule has 0 unspecified atom stereocenters. The Morgan fingerprint density at radius 1 is 1.15 bits per heavy atom. The summed E-state index contributed by atoms with van der Waals surface area (Å²) in [6.07, 6.45) is 0. The number of ether oxygens (including phenoxy) is 2. The van der Waals surface area contributed by atoms with Crippen LogP contribution in [0.2, 0.25) is 5.02 Å². The van der Waals surface area contributed by atoms with Crippen molar-refractivity contribution in [3.8, 4) is 5.75 Å². The third-order valence-electron chi connectivity index (χ3n) is 3.65. The van der Waals surface area contributed by atoms with E-state index in [2.05, 4.69) is 4.74 Å². The summed E-state index contributed by atoms with van der Waals surface area (Å²) in [4.78, 5) is 11.9. The molecule has 0 aliphatic carbocycles. The first-order valence-electron chi connectivity index (χ1n) is 7.88. The minimum atomic E-state index is -3.99. The maximum absolute atomic E-state index is 13.1. The molecule has 0 heterocycles. The van der Waals surface area contributed by atoms with E-state index in [0.717, 1.165) is 4.31 Å². The normalized spacial score (nSPS) is 11.1. The molecule has 8 heteroatoms. The van der Waals surface area contributed by atoms with Crippen molar-refractivity contribution in [3.05, 3.63) is 53.1 Å². The number of halogens is 1. The molecule has 0 fully saturated rings. The van der Waals surface area contributed by atoms with Gasteiger partial charge in [-0.05, 0) is 61.9 Å². The van der Waals surface area contributed by atoms with Gasteiger partial charge in [0.1, 0.15) is 12.3 Å². The highest BCUT2D eigenvalue weighted by Gasteiger charge is 2.28. The smallest absolute Gasteiger partial charge is 0.326 e. The maximum Gasteiger partial charge on any atom is 0.326 e. The quantitative estimate of drug-likeness (QED) is 0.669. The van der Waals surface area contributed by atoms with Crippen molar-refractivity contribution in [2.45, 2.75) is 18.7 Å². The zero-order chi connectivity index (χ0) is 19.3. The van der Waals surface area contributed by atoms with E-state index in [1.54, 1.807) is 37.3 Å². The largest absolute Gasteiger partial charge is 0.494 e. The molecular weight excluding hydrogens is 378 g/mol. The zero-order valence-electron chi connectivity index (χ0n) is 14.7. The highest BCUT2D eigenvalue weighted by Crippen LogP contribution is 2.29. The molecule has 2 aromatic carbocycles. The van der Waals surface area contributed by atoms with Crippen LogP contribution < -0.4 is 9.04 Å². The molecular formula is C18H20ClNO5S. The molecule has 0 radical (unpaired) electrons. The molecule has 0 atom stereocenters. The molecule has 2 rings (SSSR count). The van der Waals surface area contributed by atoms with Crippen molar-refractivity contribution in [3.63, 3.8) is 0 Å². The molecule has 0 saturated heterocycles. The predicted octanol–water partition coefficient (Wildman–Crippen LogP) is 3.42. The molecule has 6 nitrogen and oxygen atoms in total. The molecule has 26 heavy (non-hydrogen) atoms. The summed E-state index contributed by atoms with van der Waals surface area (Å²) in [7, 11) is -2.79. The van der Waals surface area contributed by atoms with Crippen LogP contribution in [-0.2, 0) is 19.6 Å². The summed E-state index contributed by atoms with van der Waals surface area (Å²) in [5.41, 5.74) is 0.976. The van der Waals surface area contributed by atoms with Gasteiger partial charge in [-0.3, -0.25) is 9.10 Å². The number of benzene rings is 2. The molecule has 0 aliphatic heterocycles. The summed E-state index contributed by atoms with van der Waals surface area (Å²) >= 11 is 5.96. The zero-order valence-corrected chi connectivity index (χ0v) is 16.3. The molecule has 0 aromatic heterocycles. The third kappa shape index (κ3) is 4.47. The van der Waals surface area contributed by atoms with Crippen LogP contribution in [0.25, 0.3) is 0 Å². The second-order valence-electron chi connectivity index (χ2n) is 5.42. The number of esters is 1. The van der Waals surface area contributed by atoms with Gasteiger partial charge in [0.15, 0.2) is 0 Å². The molecule has 0 N–H and O–H groups in total. The van der Waals surface area contributed by atoms with E-state index in [1.165, 1.54) is 19.2 Å². The summed E-state index contributed by atoms with van der Waals surface area (Å²) in [5.74, 6) is -0.109. The number of rotatable bonds is 7. The SMILES string of the molecule is CCOc1ccc(S(=O)(=O)N(CC(=O)OC)c2ccc(Cl)cc2C)cc1. The number of aryl methyl sites for hydroxylation is 1. The first kappa shape index (κ1) is 20.1. The van der Waals surface area contributed by atoms with Crippen LogP contribution >= 0.6 is 11.6 Å². The Morgan fingerprint density at radius 3 is 2.35 bits per heavy atom. The molecule has 0 spiro atoms. The number of carbonyl (C=O) groups is 1. The summed E-state index contributed by atoms with van der Waals surface area (Å²) in [6, 6.07) is 10.8. The van der Waals surface area contributed by atoms with Gasteiger partial charge in [-0.1, -0.05) is 11.6 Å². The molecule has 0 saturated carbocycles. The van der Waals surface area contributed by atoms with Crippen LogP contribution in [0.15, 0.2) is 47.4 Å². The minimum absolute atomic E-state index is 0.0409. The van der Waals surface area contributed by atoms with Gasteiger partial charge in [0, 0.05) is 5.02 Å². The predicted molar refractivity (Wildman–Crippen MR) is 100 cm³/mol. The van der Waals surface area contributed by atoms with E-state index in [1.807, 2.05) is 6.92 Å². The van der Waals surface area contributed by atoms with Gasteiger partial charge in [-0.2, -0.15) is 0 Å². The van der Waals surface area contributed by atoms with Crippen LogP contribution in [-0.4, -0.2) is 34.6 Å². The highest BCUT2D eigenvalue weighted by molar-refractivity contribution is 7.92. The fraction of sp³-hybridized carbons (Fsp3) is 0.278. The number of methoxy groups -OCH3 is 1. The Labute approximate surface area is 158 Å². The van der Waals surface area contributed by atoms with E-state index >= 15 is 0 Å². The number of hydrogen-bond donors (Lipinski definition) is 0. The van der Waals surface area contributed by atoms with E-state index in [4.69, 9.17) is 16.3 Å². The van der Waals surface area contributed by atoms with E-state index in [-0.39, 0.29) is 4.90 Å². The monoisotopic (exact) mass is 397 g/mol. The average molecular weight is 398 g/mol. The standard InChI is InChI=1S/C18H20ClNO5S/c1-4-25-15-6-8-16(9-7-15)26(22,23)20(12-18(21)24-3)17-10-5-14(19)11-13(17)2/h5-11H,4,12H2,1-3H3. The second kappa shape index (κ2) is 8.42. The Kier molecular flexibility index (Phi) is 6.50. The fourth-order valence-corrected chi connectivity index (χ4v) is 4.08. The number of nitrogens with zero attached hydrogens (tertiary/aromatic N) is 1. The topological polar surface area (TPSA) is 72.9 Å². The van der Waals surface area contributed by atoms with Crippen LogP contribution in [0, 0.1) is 6.92 Å². The van der Waals surface area contributed by atoms with Crippen LogP contribution in [0.5, 0.6) is 5.75 Å². The summed E-state index contributed by atoms with van der Waals surface area (Å²) in [5, 5.41) is 0.475. The van der Waals surface area contributed by atoms with E-state index in [0.29, 0.717) is 28.6 Å². The lowest BCUT2D eigenvalue weighted by Crippen LogP contribution is -2.36. The first-order valence-corrected chi connectivity index (χ1v) is 9.70. The minimum Gasteiger partial charge on any atom is -0.494 e. The van der Waals surface area contributed by atoms with Crippen molar-refractivity contribution in [1.82, 2.24) is 0 Å². The van der Waals surface area contributed by atoms with Crippen LogP contribution in [0.3, 0.4) is 0 Å². The molecule has 0 bridgehead atoms. The van der Waals surface area contributed by atoms with Crippen LogP contribution in [0.1, 0.15) is 12.5 Å². The van der Waals surface area contributed by atoms with Gasteiger partial charge in [0.2, 0.25) is 0 Å². The maximum atomic E-state index is 13.1. The lowest BCUT2D eigenvalue weighted by molar-refractivity contribution is -0.138. The lowest BCUT2D eigenvalue weighted by Gasteiger charge is -2.25. The van der Waals surface area contributed by atoms with E-state index in [9.17, 15) is 13.2 Å². The number of hydrogen-bond acceptors (Lipinski definition) is 5. The van der Waals surface area contributed by atoms with Gasteiger partial charge in [0.05, 0.1) is 24.3 Å². The first-order chi connectivity index (χ1) is 12.3. The Hall–Kier alpha value is -2.25. The van der Waals surface area contributed by atoms with Crippen molar-refractivity contribution < 1.29 is 22.7 Å². The van der Waals surface area contributed by atoms with Gasteiger partial charge < -0.3 is 9.47 Å². The summed E-state index contributed by atoms with van der Waals surface area (Å²) < 4.78 is 37.3. The summed E-state index contributed by atoms with van der Waals surface area (Å²) in [6.45, 7) is 3.59. The number of sulfonamides is 1. The molecule has 140 valence electrons. The van der Waals surface area contributed by atoms with Gasteiger partial charge in [-0.15, -0.1) is 0 Å². The van der Waals surface area contributed by atoms with Crippen molar-refractivity contribution in [2.75, 3.05) is 24.6 Å². The highest BCUT2D eigenvalue weighted by atomic mass is 35.5. The molecule has 0 aliphatic rings. The van der Waals surface area contributed by atoms with Crippen molar-refractivity contribution in [2.24, 2.45) is 0 Å². The van der Waals surface area contributed by atoms with Crippen molar-refractivity contribution >= 4 is 33.3 Å². The Balaban J connectivity index is 2.50. The van der Waals surface area contributed by atoms with Gasteiger partial charge in [0.25, 0.3) is 10.0 Å². The van der Waals surface area contributed by atoms with Crippen molar-refractivity contribution in [1.29, 1.82) is 0 Å².